The molecule has 3 atom stereocenters. The van der Waals surface area contributed by atoms with Crippen molar-refractivity contribution in [3.05, 3.63) is 35.9 Å². The van der Waals surface area contributed by atoms with E-state index in [2.05, 4.69) is 31.3 Å². The Labute approximate surface area is 120 Å². The van der Waals surface area contributed by atoms with Crippen molar-refractivity contribution in [2.45, 2.75) is 31.2 Å². The molecule has 0 saturated carbocycles. The first-order chi connectivity index (χ1) is 9.10. The fraction of sp³-hybridized carbons (Fsp3) is 0.600. The summed E-state index contributed by atoms with van der Waals surface area (Å²) in [5, 5.41) is 22.2. The Morgan fingerprint density at radius 1 is 1.21 bits per heavy atom. The average Bonchev–Trinajstić information content (AvgIpc) is 2.43. The molecule has 0 fully saturated rings. The van der Waals surface area contributed by atoms with Crippen molar-refractivity contribution in [1.82, 2.24) is 5.32 Å². The van der Waals surface area contributed by atoms with Gasteiger partial charge in [-0.2, -0.15) is 11.8 Å². The monoisotopic (exact) mass is 283 g/mol. The van der Waals surface area contributed by atoms with Crippen molar-refractivity contribution in [1.29, 1.82) is 0 Å². The normalized spacial score (nSPS) is 16.3. The zero-order valence-electron chi connectivity index (χ0n) is 11.9. The summed E-state index contributed by atoms with van der Waals surface area (Å²) in [6.07, 6.45) is -0.639. The van der Waals surface area contributed by atoms with Crippen molar-refractivity contribution in [3.8, 4) is 0 Å². The second-order valence-corrected chi connectivity index (χ2v) is 6.27. The Morgan fingerprint density at radius 2 is 1.84 bits per heavy atom. The molecule has 1 aromatic rings. The van der Waals surface area contributed by atoms with E-state index < -0.39 is 6.10 Å². The summed E-state index contributed by atoms with van der Waals surface area (Å²) in [7, 11) is 1.97. The summed E-state index contributed by atoms with van der Waals surface area (Å²) >= 11 is 1.72. The lowest BCUT2D eigenvalue weighted by atomic mass is 9.96. The summed E-state index contributed by atoms with van der Waals surface area (Å²) in [5.41, 5.74) is 1.26. The highest BCUT2D eigenvalue weighted by atomic mass is 32.2. The summed E-state index contributed by atoms with van der Waals surface area (Å²) in [6, 6.07) is 10.6. The van der Waals surface area contributed by atoms with Crippen LogP contribution in [-0.2, 0) is 0 Å². The molecule has 19 heavy (non-hydrogen) atoms. The fourth-order valence-electron chi connectivity index (χ4n) is 2.13. The lowest BCUT2D eigenvalue weighted by Gasteiger charge is -2.30. The van der Waals surface area contributed by atoms with Gasteiger partial charge >= 0.3 is 0 Å². The molecular weight excluding hydrogens is 258 g/mol. The molecule has 1 rings (SSSR count). The number of nitrogens with one attached hydrogen (secondary N) is 1. The van der Waals surface area contributed by atoms with Gasteiger partial charge < -0.3 is 15.5 Å². The van der Waals surface area contributed by atoms with E-state index in [1.165, 1.54) is 5.56 Å². The Balaban J connectivity index is 2.78. The summed E-state index contributed by atoms with van der Waals surface area (Å²) in [4.78, 5) is 0. The maximum atomic E-state index is 9.52. The second-order valence-electron chi connectivity index (χ2n) is 5.06. The summed E-state index contributed by atoms with van der Waals surface area (Å²) < 4.78 is 0. The largest absolute Gasteiger partial charge is 0.394 e. The first-order valence-electron chi connectivity index (χ1n) is 6.72. The third-order valence-corrected chi connectivity index (χ3v) is 4.93. The van der Waals surface area contributed by atoms with Gasteiger partial charge in [0, 0.05) is 17.0 Å². The maximum Gasteiger partial charge on any atom is 0.0861 e. The number of aliphatic hydroxyl groups is 2. The van der Waals surface area contributed by atoms with Crippen LogP contribution in [-0.4, -0.2) is 41.0 Å². The van der Waals surface area contributed by atoms with Crippen LogP contribution in [0.25, 0.3) is 0 Å². The summed E-state index contributed by atoms with van der Waals surface area (Å²) in [6.45, 7) is 4.21. The van der Waals surface area contributed by atoms with E-state index in [9.17, 15) is 5.11 Å². The minimum atomic E-state index is -0.639. The number of thioether (sulfide) groups is 1. The molecule has 4 heteroatoms. The highest BCUT2D eigenvalue weighted by Crippen LogP contribution is 2.32. The molecule has 0 radical (unpaired) electrons. The van der Waals surface area contributed by atoms with E-state index in [1.807, 2.05) is 25.2 Å². The lowest BCUT2D eigenvalue weighted by Crippen LogP contribution is -2.32. The maximum absolute atomic E-state index is 9.52. The van der Waals surface area contributed by atoms with Crippen molar-refractivity contribution in [2.75, 3.05) is 19.4 Å². The lowest BCUT2D eigenvalue weighted by molar-refractivity contribution is 0.113. The molecule has 0 bridgehead atoms. The number of hydrogen-bond donors (Lipinski definition) is 3. The van der Waals surface area contributed by atoms with Crippen LogP contribution < -0.4 is 5.32 Å². The van der Waals surface area contributed by atoms with Crippen LogP contribution in [0.15, 0.2) is 30.3 Å². The number of aliphatic hydroxyl groups excluding tert-OH is 2. The Morgan fingerprint density at radius 3 is 2.32 bits per heavy atom. The molecule has 0 saturated heterocycles. The van der Waals surface area contributed by atoms with Crippen LogP contribution in [0.5, 0.6) is 0 Å². The van der Waals surface area contributed by atoms with Gasteiger partial charge in [-0.15, -0.1) is 0 Å². The molecule has 0 aromatic heterocycles. The molecule has 3 unspecified atom stereocenters. The van der Waals surface area contributed by atoms with Crippen LogP contribution in [0.3, 0.4) is 0 Å². The van der Waals surface area contributed by atoms with Gasteiger partial charge in [0.1, 0.15) is 0 Å². The molecule has 0 aliphatic rings. The van der Waals surface area contributed by atoms with Gasteiger partial charge in [-0.3, -0.25) is 0 Å². The van der Waals surface area contributed by atoms with Gasteiger partial charge in [0.05, 0.1) is 12.7 Å². The van der Waals surface area contributed by atoms with Gasteiger partial charge in [0.25, 0.3) is 0 Å². The summed E-state index contributed by atoms with van der Waals surface area (Å²) in [5.74, 6) is 1.04. The Bertz CT molecular complexity index is 345. The molecule has 3 nitrogen and oxygen atoms in total. The van der Waals surface area contributed by atoms with Gasteiger partial charge in [0.2, 0.25) is 0 Å². The Hall–Kier alpha value is -0.550. The zero-order chi connectivity index (χ0) is 14.3. The van der Waals surface area contributed by atoms with Crippen molar-refractivity contribution in [3.63, 3.8) is 0 Å². The van der Waals surface area contributed by atoms with Crippen molar-refractivity contribution in [2.24, 2.45) is 5.92 Å². The van der Waals surface area contributed by atoms with Gasteiger partial charge in [0.15, 0.2) is 0 Å². The zero-order valence-corrected chi connectivity index (χ0v) is 12.7. The minimum Gasteiger partial charge on any atom is -0.394 e. The topological polar surface area (TPSA) is 52.5 Å². The molecule has 3 N–H and O–H groups in total. The SMILES string of the molecule is CNC(c1ccccc1)C(SCC(O)CO)C(C)C. The molecule has 0 heterocycles. The smallest absolute Gasteiger partial charge is 0.0861 e. The fourth-order valence-corrected chi connectivity index (χ4v) is 3.55. The first-order valence-corrected chi connectivity index (χ1v) is 7.77. The van der Waals surface area contributed by atoms with Crippen LogP contribution in [0.1, 0.15) is 25.5 Å². The highest BCUT2D eigenvalue weighted by molar-refractivity contribution is 8.00. The highest BCUT2D eigenvalue weighted by Gasteiger charge is 2.25. The van der Waals surface area contributed by atoms with Gasteiger partial charge in [-0.1, -0.05) is 44.2 Å². The molecule has 0 aliphatic heterocycles. The molecule has 0 amide bonds. The van der Waals surface area contributed by atoms with E-state index in [1.54, 1.807) is 11.8 Å². The van der Waals surface area contributed by atoms with Crippen molar-refractivity contribution < 1.29 is 10.2 Å². The number of benzene rings is 1. The molecule has 0 aliphatic carbocycles. The van der Waals surface area contributed by atoms with Crippen molar-refractivity contribution >= 4 is 11.8 Å². The standard InChI is InChI=1S/C15H25NO2S/c1-11(2)15(19-10-13(18)9-17)14(16-3)12-7-5-4-6-8-12/h4-8,11,13-18H,9-10H2,1-3H3. The Kier molecular flexibility index (Phi) is 7.46. The van der Waals surface area contributed by atoms with E-state index in [-0.39, 0.29) is 12.6 Å². The van der Waals surface area contributed by atoms with Crippen LogP contribution >= 0.6 is 11.8 Å². The average molecular weight is 283 g/mol. The van der Waals surface area contributed by atoms with Crippen LogP contribution in [0.4, 0.5) is 0 Å². The van der Waals surface area contributed by atoms with E-state index in [4.69, 9.17) is 5.11 Å². The first kappa shape index (κ1) is 16.5. The number of rotatable bonds is 8. The molecular formula is C15H25NO2S. The second kappa shape index (κ2) is 8.59. The quantitative estimate of drug-likeness (QED) is 0.683. The van der Waals surface area contributed by atoms with Gasteiger partial charge in [-0.25, -0.2) is 0 Å². The third kappa shape index (κ3) is 5.15. The molecule has 0 spiro atoms. The van der Waals surface area contributed by atoms with Gasteiger partial charge in [-0.05, 0) is 18.5 Å². The van der Waals surface area contributed by atoms with E-state index in [0.717, 1.165) is 0 Å². The number of hydrogen-bond acceptors (Lipinski definition) is 4. The van der Waals surface area contributed by atoms with E-state index in [0.29, 0.717) is 16.9 Å². The molecule has 1 aromatic carbocycles. The third-order valence-electron chi connectivity index (χ3n) is 3.15. The predicted molar refractivity (Wildman–Crippen MR) is 82.4 cm³/mol. The molecule has 108 valence electrons. The van der Waals surface area contributed by atoms with Crippen LogP contribution in [0, 0.1) is 5.92 Å². The van der Waals surface area contributed by atoms with Crippen LogP contribution in [0.2, 0.25) is 0 Å². The predicted octanol–water partition coefficient (Wildman–Crippen LogP) is 2.06. The van der Waals surface area contributed by atoms with E-state index >= 15 is 0 Å². The minimum absolute atomic E-state index is 0.173.